The molecule has 5 nitrogen and oxygen atoms in total. The van der Waals surface area contributed by atoms with Crippen molar-refractivity contribution in [2.75, 3.05) is 29.9 Å². The predicted octanol–water partition coefficient (Wildman–Crippen LogP) is 3.47. The fourth-order valence-electron chi connectivity index (χ4n) is 2.50. The number of hydrogen-bond acceptors (Lipinski definition) is 2. The van der Waals surface area contributed by atoms with E-state index in [0.717, 1.165) is 4.47 Å². The number of amides is 3. The van der Waals surface area contributed by atoms with Crippen LogP contribution >= 0.6 is 15.9 Å². The Morgan fingerprint density at radius 2 is 1.75 bits per heavy atom. The highest BCUT2D eigenvalue weighted by Gasteiger charge is 2.30. The van der Waals surface area contributed by atoms with Crippen molar-refractivity contribution in [2.24, 2.45) is 0 Å². The van der Waals surface area contributed by atoms with Crippen LogP contribution in [0.2, 0.25) is 0 Å². The maximum atomic E-state index is 13.0. The van der Waals surface area contributed by atoms with E-state index in [4.69, 9.17) is 0 Å². The molecule has 0 spiro atoms. The second kappa shape index (κ2) is 7.00. The van der Waals surface area contributed by atoms with Crippen molar-refractivity contribution in [3.63, 3.8) is 0 Å². The molecule has 3 amide bonds. The standard InChI is InChI=1S/C17H15BrFN3O2/c18-12-1-5-14(6-2-12)20-16(23)11-21-9-10-22(17(21)24)15-7-3-13(19)4-8-15/h1-8H,9-11H2,(H,20,23). The van der Waals surface area contributed by atoms with Crippen LogP contribution in [0, 0.1) is 5.82 Å². The lowest BCUT2D eigenvalue weighted by molar-refractivity contribution is -0.116. The maximum Gasteiger partial charge on any atom is 0.325 e. The molecule has 0 bridgehead atoms. The Morgan fingerprint density at radius 3 is 2.42 bits per heavy atom. The third-order valence-electron chi connectivity index (χ3n) is 3.70. The average Bonchev–Trinajstić information content (AvgIpc) is 2.91. The quantitative estimate of drug-likeness (QED) is 0.867. The first kappa shape index (κ1) is 16.4. The summed E-state index contributed by atoms with van der Waals surface area (Å²) in [4.78, 5) is 27.5. The third kappa shape index (κ3) is 3.73. The van der Waals surface area contributed by atoms with E-state index in [1.54, 1.807) is 24.3 Å². The normalized spacial score (nSPS) is 14.2. The molecule has 1 aliphatic rings. The lowest BCUT2D eigenvalue weighted by atomic mass is 10.3. The molecule has 24 heavy (non-hydrogen) atoms. The summed E-state index contributed by atoms with van der Waals surface area (Å²) in [6, 6.07) is 12.7. The molecule has 3 rings (SSSR count). The van der Waals surface area contributed by atoms with Crippen molar-refractivity contribution >= 4 is 39.2 Å². The van der Waals surface area contributed by atoms with E-state index < -0.39 is 0 Å². The Morgan fingerprint density at radius 1 is 1.08 bits per heavy atom. The molecule has 7 heteroatoms. The average molecular weight is 392 g/mol. The number of carbonyl (C=O) groups excluding carboxylic acids is 2. The SMILES string of the molecule is O=C(CN1CCN(c2ccc(F)cc2)C1=O)Nc1ccc(Br)cc1. The Kier molecular flexibility index (Phi) is 4.80. The van der Waals surface area contributed by atoms with Crippen LogP contribution in [0.3, 0.4) is 0 Å². The molecule has 0 radical (unpaired) electrons. The second-order valence-electron chi connectivity index (χ2n) is 5.39. The van der Waals surface area contributed by atoms with Gasteiger partial charge < -0.3 is 10.2 Å². The summed E-state index contributed by atoms with van der Waals surface area (Å²) >= 11 is 3.33. The molecule has 124 valence electrons. The van der Waals surface area contributed by atoms with E-state index in [1.807, 2.05) is 12.1 Å². The molecule has 1 N–H and O–H groups in total. The smallest absolute Gasteiger partial charge is 0.325 e. The minimum atomic E-state index is -0.351. The number of rotatable bonds is 4. The highest BCUT2D eigenvalue weighted by Crippen LogP contribution is 2.20. The number of urea groups is 1. The van der Waals surface area contributed by atoms with Crippen LogP contribution < -0.4 is 10.2 Å². The first-order valence-electron chi connectivity index (χ1n) is 7.40. The largest absolute Gasteiger partial charge is 0.325 e. The second-order valence-corrected chi connectivity index (χ2v) is 6.30. The Hall–Kier alpha value is -2.41. The number of nitrogens with one attached hydrogen (secondary N) is 1. The van der Waals surface area contributed by atoms with Gasteiger partial charge in [-0.1, -0.05) is 15.9 Å². The first-order chi connectivity index (χ1) is 11.5. The summed E-state index contributed by atoms with van der Waals surface area (Å²) in [6.07, 6.45) is 0. The molecule has 2 aromatic carbocycles. The number of nitrogens with zero attached hydrogens (tertiary/aromatic N) is 2. The fourth-order valence-corrected chi connectivity index (χ4v) is 2.76. The summed E-state index contributed by atoms with van der Waals surface area (Å²) < 4.78 is 13.9. The molecule has 1 aliphatic heterocycles. The summed E-state index contributed by atoms with van der Waals surface area (Å²) in [5, 5.41) is 2.76. The van der Waals surface area contributed by atoms with Crippen molar-refractivity contribution in [3.05, 3.63) is 58.8 Å². The lowest BCUT2D eigenvalue weighted by Gasteiger charge is -2.18. The van der Waals surface area contributed by atoms with Gasteiger partial charge in [0.15, 0.2) is 0 Å². The van der Waals surface area contributed by atoms with Crippen LogP contribution in [-0.2, 0) is 4.79 Å². The van der Waals surface area contributed by atoms with E-state index in [1.165, 1.54) is 21.9 Å². The van der Waals surface area contributed by atoms with Crippen molar-refractivity contribution < 1.29 is 14.0 Å². The van der Waals surface area contributed by atoms with Gasteiger partial charge >= 0.3 is 6.03 Å². The molecule has 2 aromatic rings. The van der Waals surface area contributed by atoms with Gasteiger partial charge in [0.2, 0.25) is 5.91 Å². The minimum Gasteiger partial charge on any atom is -0.325 e. The van der Waals surface area contributed by atoms with E-state index in [0.29, 0.717) is 24.5 Å². The Balaban J connectivity index is 1.60. The lowest BCUT2D eigenvalue weighted by Crippen LogP contribution is -2.37. The van der Waals surface area contributed by atoms with Crippen LogP contribution in [0.15, 0.2) is 53.0 Å². The van der Waals surface area contributed by atoms with Crippen molar-refractivity contribution in [3.8, 4) is 0 Å². The Bertz CT molecular complexity index is 749. The van der Waals surface area contributed by atoms with Crippen molar-refractivity contribution in [2.45, 2.75) is 0 Å². The van der Waals surface area contributed by atoms with Crippen molar-refractivity contribution in [1.29, 1.82) is 0 Å². The number of hydrogen-bond donors (Lipinski definition) is 1. The molecule has 0 aromatic heterocycles. The van der Waals surface area contributed by atoms with Crippen molar-refractivity contribution in [1.82, 2.24) is 4.90 Å². The minimum absolute atomic E-state index is 0.0212. The summed E-state index contributed by atoms with van der Waals surface area (Å²) in [6.45, 7) is 0.895. The van der Waals surface area contributed by atoms with Crippen LogP contribution in [0.25, 0.3) is 0 Å². The van der Waals surface area contributed by atoms with Crippen LogP contribution in [0.5, 0.6) is 0 Å². The summed E-state index contributed by atoms with van der Waals surface area (Å²) in [5.41, 5.74) is 1.29. The van der Waals surface area contributed by atoms with E-state index in [2.05, 4.69) is 21.2 Å². The molecule has 1 fully saturated rings. The maximum absolute atomic E-state index is 13.0. The molecule has 1 heterocycles. The van der Waals surface area contributed by atoms with Gasteiger partial charge in [0.1, 0.15) is 12.4 Å². The van der Waals surface area contributed by atoms with E-state index in [9.17, 15) is 14.0 Å². The molecule has 0 saturated carbocycles. The fraction of sp³-hybridized carbons (Fsp3) is 0.176. The van der Waals surface area contributed by atoms with Gasteiger partial charge in [-0.05, 0) is 48.5 Å². The number of carbonyl (C=O) groups is 2. The molecular weight excluding hydrogens is 377 g/mol. The van der Waals surface area contributed by atoms with Gasteiger partial charge in [0.25, 0.3) is 0 Å². The highest BCUT2D eigenvalue weighted by molar-refractivity contribution is 9.10. The molecule has 0 aliphatic carbocycles. The summed E-state index contributed by atoms with van der Waals surface area (Å²) in [7, 11) is 0. The molecule has 1 saturated heterocycles. The van der Waals surface area contributed by atoms with Gasteiger partial charge in [-0.15, -0.1) is 0 Å². The topological polar surface area (TPSA) is 52.7 Å². The molecule has 0 atom stereocenters. The summed E-state index contributed by atoms with van der Waals surface area (Å²) in [5.74, 6) is -0.609. The predicted molar refractivity (Wildman–Crippen MR) is 93.5 cm³/mol. The zero-order chi connectivity index (χ0) is 17.1. The number of halogens is 2. The van der Waals surface area contributed by atoms with Gasteiger partial charge in [0.05, 0.1) is 0 Å². The molecular formula is C17H15BrFN3O2. The zero-order valence-corrected chi connectivity index (χ0v) is 14.3. The zero-order valence-electron chi connectivity index (χ0n) is 12.7. The monoisotopic (exact) mass is 391 g/mol. The third-order valence-corrected chi connectivity index (χ3v) is 4.22. The molecule has 0 unspecified atom stereocenters. The van der Waals surface area contributed by atoms with Gasteiger partial charge in [-0.25, -0.2) is 9.18 Å². The Labute approximate surface area is 147 Å². The van der Waals surface area contributed by atoms with Crippen LogP contribution in [-0.4, -0.2) is 36.5 Å². The first-order valence-corrected chi connectivity index (χ1v) is 8.20. The van der Waals surface area contributed by atoms with Gasteiger partial charge in [0, 0.05) is 28.9 Å². The van der Waals surface area contributed by atoms with Gasteiger partial charge in [-0.2, -0.15) is 0 Å². The van der Waals surface area contributed by atoms with Gasteiger partial charge in [-0.3, -0.25) is 9.69 Å². The van der Waals surface area contributed by atoms with E-state index >= 15 is 0 Å². The number of benzene rings is 2. The van der Waals surface area contributed by atoms with Crippen LogP contribution in [0.1, 0.15) is 0 Å². The van der Waals surface area contributed by atoms with E-state index in [-0.39, 0.29) is 24.3 Å². The van der Waals surface area contributed by atoms with Crippen LogP contribution in [0.4, 0.5) is 20.6 Å². The number of anilines is 2. The highest BCUT2D eigenvalue weighted by atomic mass is 79.9.